The molecular weight excluding hydrogens is 399 g/mol. The average Bonchev–Trinajstić information content (AvgIpc) is 2.72. The Hall–Kier alpha value is -2.78. The highest BCUT2D eigenvalue weighted by atomic mass is 32.2. The molecule has 1 fully saturated rings. The topological polar surface area (TPSA) is 84.0 Å². The van der Waals surface area contributed by atoms with Gasteiger partial charge in [0.25, 0.3) is 5.91 Å². The van der Waals surface area contributed by atoms with Crippen LogP contribution < -0.4 is 0 Å². The Morgan fingerprint density at radius 1 is 0.931 bits per heavy atom. The van der Waals surface area contributed by atoms with E-state index in [1.54, 1.807) is 24.3 Å². The van der Waals surface area contributed by atoms with E-state index in [-0.39, 0.29) is 37.5 Å². The fraction of sp³-hybridized carbons (Fsp3) is 0.300. The number of esters is 1. The zero-order valence-electron chi connectivity index (χ0n) is 15.7. The number of ether oxygens (including phenoxy) is 1. The van der Waals surface area contributed by atoms with Gasteiger partial charge in [-0.3, -0.25) is 4.79 Å². The van der Waals surface area contributed by atoms with Crippen molar-refractivity contribution in [1.29, 1.82) is 0 Å². The summed E-state index contributed by atoms with van der Waals surface area (Å²) in [6.45, 7) is 0.211. The lowest BCUT2D eigenvalue weighted by molar-refractivity contribution is -0.135. The van der Waals surface area contributed by atoms with Crippen LogP contribution in [0.3, 0.4) is 0 Å². The van der Waals surface area contributed by atoms with Crippen molar-refractivity contribution < 1.29 is 27.1 Å². The van der Waals surface area contributed by atoms with Crippen LogP contribution in [0.1, 0.15) is 15.9 Å². The largest absolute Gasteiger partial charge is 0.452 e. The van der Waals surface area contributed by atoms with Gasteiger partial charge in [0, 0.05) is 26.2 Å². The third-order valence-electron chi connectivity index (χ3n) is 4.60. The van der Waals surface area contributed by atoms with Crippen LogP contribution in [0.25, 0.3) is 0 Å². The van der Waals surface area contributed by atoms with Gasteiger partial charge >= 0.3 is 5.97 Å². The molecule has 0 aromatic heterocycles. The van der Waals surface area contributed by atoms with Crippen LogP contribution in [0.4, 0.5) is 4.39 Å². The lowest BCUT2D eigenvalue weighted by Gasteiger charge is -2.33. The maximum Gasteiger partial charge on any atom is 0.341 e. The number of carbonyl (C=O) groups excluding carboxylic acids is 2. The first-order valence-corrected chi connectivity index (χ1v) is 10.7. The molecular formula is C20H21FN2O5S. The Morgan fingerprint density at radius 3 is 2.21 bits per heavy atom. The second kappa shape index (κ2) is 9.15. The smallest absolute Gasteiger partial charge is 0.341 e. The molecule has 0 N–H and O–H groups in total. The van der Waals surface area contributed by atoms with Gasteiger partial charge in [0.05, 0.1) is 11.3 Å². The SMILES string of the molecule is O=C(OCC(=O)N1CCN(S(=O)(=O)Cc2ccccc2)CC1)c1ccccc1F. The van der Waals surface area contributed by atoms with E-state index in [4.69, 9.17) is 4.74 Å². The van der Waals surface area contributed by atoms with Gasteiger partial charge < -0.3 is 9.64 Å². The molecule has 1 heterocycles. The van der Waals surface area contributed by atoms with E-state index in [2.05, 4.69) is 0 Å². The van der Waals surface area contributed by atoms with Crippen LogP contribution in [0, 0.1) is 5.82 Å². The molecule has 0 aliphatic carbocycles. The van der Waals surface area contributed by atoms with Crippen LogP contribution in [0.5, 0.6) is 0 Å². The normalized spacial score (nSPS) is 15.1. The minimum atomic E-state index is -3.48. The standard InChI is InChI=1S/C20H21FN2O5S/c21-18-9-5-4-8-17(18)20(25)28-14-19(24)22-10-12-23(13-11-22)29(26,27)15-16-6-2-1-3-7-16/h1-9H,10-15H2. The fourth-order valence-electron chi connectivity index (χ4n) is 3.01. The van der Waals surface area contributed by atoms with Crippen molar-refractivity contribution in [1.82, 2.24) is 9.21 Å². The molecule has 154 valence electrons. The number of benzene rings is 2. The number of nitrogens with zero attached hydrogens (tertiary/aromatic N) is 2. The Bertz CT molecular complexity index is 973. The first-order chi connectivity index (χ1) is 13.9. The van der Waals surface area contributed by atoms with Crippen molar-refractivity contribution in [2.75, 3.05) is 32.8 Å². The van der Waals surface area contributed by atoms with Gasteiger partial charge in [-0.2, -0.15) is 4.31 Å². The highest BCUT2D eigenvalue weighted by Gasteiger charge is 2.29. The van der Waals surface area contributed by atoms with Crippen LogP contribution in [0.2, 0.25) is 0 Å². The Morgan fingerprint density at radius 2 is 1.55 bits per heavy atom. The first-order valence-electron chi connectivity index (χ1n) is 9.08. The molecule has 2 aromatic rings. The van der Waals surface area contributed by atoms with Gasteiger partial charge in [0.1, 0.15) is 5.82 Å². The molecule has 0 spiro atoms. The number of hydrogen-bond donors (Lipinski definition) is 0. The van der Waals surface area contributed by atoms with Gasteiger partial charge in [-0.05, 0) is 17.7 Å². The van der Waals surface area contributed by atoms with Crippen LogP contribution in [0.15, 0.2) is 54.6 Å². The summed E-state index contributed by atoms with van der Waals surface area (Å²) in [6.07, 6.45) is 0. The van der Waals surface area contributed by atoms with Gasteiger partial charge in [0.2, 0.25) is 10.0 Å². The number of hydrogen-bond acceptors (Lipinski definition) is 5. The van der Waals surface area contributed by atoms with Gasteiger partial charge in [-0.25, -0.2) is 17.6 Å². The molecule has 29 heavy (non-hydrogen) atoms. The second-order valence-corrected chi connectivity index (χ2v) is 8.55. The van der Waals surface area contributed by atoms with Crippen molar-refractivity contribution >= 4 is 21.9 Å². The van der Waals surface area contributed by atoms with E-state index < -0.39 is 34.3 Å². The highest BCUT2D eigenvalue weighted by molar-refractivity contribution is 7.88. The first kappa shape index (κ1) is 20.9. The van der Waals surface area contributed by atoms with Crippen molar-refractivity contribution in [3.05, 3.63) is 71.5 Å². The fourth-order valence-corrected chi connectivity index (χ4v) is 4.53. The molecule has 9 heteroatoms. The number of amides is 1. The highest BCUT2D eigenvalue weighted by Crippen LogP contribution is 2.14. The summed E-state index contributed by atoms with van der Waals surface area (Å²) in [4.78, 5) is 25.6. The van der Waals surface area contributed by atoms with Crippen LogP contribution >= 0.6 is 0 Å². The van der Waals surface area contributed by atoms with E-state index in [1.165, 1.54) is 27.4 Å². The Kier molecular flexibility index (Phi) is 6.60. The molecule has 0 radical (unpaired) electrons. The molecule has 1 aliphatic heterocycles. The maximum atomic E-state index is 13.6. The van der Waals surface area contributed by atoms with E-state index in [0.29, 0.717) is 5.56 Å². The molecule has 0 atom stereocenters. The van der Waals surface area contributed by atoms with E-state index in [9.17, 15) is 22.4 Å². The minimum Gasteiger partial charge on any atom is -0.452 e. The van der Waals surface area contributed by atoms with Crippen LogP contribution in [-0.2, 0) is 25.3 Å². The monoisotopic (exact) mass is 420 g/mol. The lowest BCUT2D eigenvalue weighted by atomic mass is 10.2. The summed E-state index contributed by atoms with van der Waals surface area (Å²) in [5.41, 5.74) is 0.461. The summed E-state index contributed by atoms with van der Waals surface area (Å²) < 4.78 is 44.9. The van der Waals surface area contributed by atoms with Crippen LogP contribution in [-0.4, -0.2) is 62.3 Å². The third-order valence-corrected chi connectivity index (χ3v) is 6.45. The average molecular weight is 420 g/mol. The molecule has 2 aromatic carbocycles. The predicted molar refractivity (Wildman–Crippen MR) is 104 cm³/mol. The summed E-state index contributed by atoms with van der Waals surface area (Å²) in [6, 6.07) is 14.2. The molecule has 1 saturated heterocycles. The molecule has 0 saturated carbocycles. The molecule has 1 amide bonds. The van der Waals surface area contributed by atoms with Gasteiger partial charge in [0.15, 0.2) is 6.61 Å². The van der Waals surface area contributed by atoms with Crippen molar-refractivity contribution in [3.8, 4) is 0 Å². The number of piperazine rings is 1. The zero-order valence-corrected chi connectivity index (χ0v) is 16.5. The number of halogens is 1. The molecule has 0 bridgehead atoms. The van der Waals surface area contributed by atoms with E-state index in [1.807, 2.05) is 6.07 Å². The third kappa shape index (κ3) is 5.39. The van der Waals surface area contributed by atoms with Gasteiger partial charge in [-0.15, -0.1) is 0 Å². The second-order valence-electron chi connectivity index (χ2n) is 6.58. The predicted octanol–water partition coefficient (Wildman–Crippen LogP) is 1.66. The Balaban J connectivity index is 1.49. The number of rotatable bonds is 6. The molecule has 0 unspecified atom stereocenters. The van der Waals surface area contributed by atoms with Gasteiger partial charge in [-0.1, -0.05) is 42.5 Å². The quantitative estimate of drug-likeness (QED) is 0.664. The summed E-state index contributed by atoms with van der Waals surface area (Å²) >= 11 is 0. The maximum absolute atomic E-state index is 13.6. The Labute approximate surface area is 168 Å². The van der Waals surface area contributed by atoms with E-state index >= 15 is 0 Å². The number of sulfonamides is 1. The lowest BCUT2D eigenvalue weighted by Crippen LogP contribution is -2.51. The summed E-state index contributed by atoms with van der Waals surface area (Å²) in [5.74, 6) is -2.18. The summed E-state index contributed by atoms with van der Waals surface area (Å²) in [5, 5.41) is 0. The number of carbonyl (C=O) groups is 2. The zero-order chi connectivity index (χ0) is 20.9. The molecule has 1 aliphatic rings. The van der Waals surface area contributed by atoms with E-state index in [0.717, 1.165) is 6.07 Å². The minimum absolute atomic E-state index is 0.0952. The molecule has 3 rings (SSSR count). The summed E-state index contributed by atoms with van der Waals surface area (Å²) in [7, 11) is -3.48. The molecule has 7 nitrogen and oxygen atoms in total. The van der Waals surface area contributed by atoms with Crippen molar-refractivity contribution in [2.24, 2.45) is 0 Å². The van der Waals surface area contributed by atoms with Crippen molar-refractivity contribution in [3.63, 3.8) is 0 Å². The van der Waals surface area contributed by atoms with Crippen molar-refractivity contribution in [2.45, 2.75) is 5.75 Å².